The third-order valence-corrected chi connectivity index (χ3v) is 3.37. The molecule has 9 nitrogen and oxygen atoms in total. The first-order valence-electron chi connectivity index (χ1n) is 6.86. The van der Waals surface area contributed by atoms with E-state index in [1.807, 2.05) is 4.90 Å². The fourth-order valence-electron chi connectivity index (χ4n) is 2.29. The second-order valence-corrected chi connectivity index (χ2v) is 4.83. The van der Waals surface area contributed by atoms with Crippen LogP contribution < -0.4 is 11.1 Å². The van der Waals surface area contributed by atoms with Crippen molar-refractivity contribution in [3.8, 4) is 0 Å². The van der Waals surface area contributed by atoms with Crippen LogP contribution in [0.15, 0.2) is 6.33 Å². The Morgan fingerprint density at radius 1 is 1.38 bits per heavy atom. The second kappa shape index (κ2) is 6.82. The normalized spacial score (nSPS) is 14.8. The van der Waals surface area contributed by atoms with E-state index in [1.165, 1.54) is 0 Å². The van der Waals surface area contributed by atoms with Crippen LogP contribution in [-0.4, -0.2) is 45.3 Å². The number of likely N-dealkylation sites (tertiary alicyclic amines) is 1. The molecule has 1 aliphatic heterocycles. The number of aromatic nitrogens is 2. The highest BCUT2D eigenvalue weighted by molar-refractivity contribution is 5.77. The summed E-state index contributed by atoms with van der Waals surface area (Å²) < 4.78 is 0. The lowest BCUT2D eigenvalue weighted by Crippen LogP contribution is -2.36. The van der Waals surface area contributed by atoms with Crippen LogP contribution in [0.2, 0.25) is 0 Å². The highest BCUT2D eigenvalue weighted by Gasteiger charge is 2.21. The molecule has 0 saturated carbocycles. The first-order chi connectivity index (χ1) is 10.1. The summed E-state index contributed by atoms with van der Waals surface area (Å²) >= 11 is 0. The number of hydrogen-bond acceptors (Lipinski definition) is 7. The van der Waals surface area contributed by atoms with Gasteiger partial charge in [-0.15, -0.1) is 0 Å². The molecule has 0 spiro atoms. The maximum absolute atomic E-state index is 12.0. The van der Waals surface area contributed by atoms with Crippen LogP contribution in [0, 0.1) is 10.1 Å². The summed E-state index contributed by atoms with van der Waals surface area (Å²) in [5, 5.41) is 13.7. The summed E-state index contributed by atoms with van der Waals surface area (Å²) in [5.41, 5.74) is 5.10. The monoisotopic (exact) mass is 294 g/mol. The van der Waals surface area contributed by atoms with Crippen molar-refractivity contribution in [2.45, 2.75) is 25.7 Å². The number of nitrogens with two attached hydrogens (primary N) is 1. The number of hydrogen-bond donors (Lipinski definition) is 2. The predicted octanol–water partition coefficient (Wildman–Crippen LogP) is 0.781. The molecule has 1 amide bonds. The van der Waals surface area contributed by atoms with E-state index in [1.54, 1.807) is 0 Å². The molecule has 1 aromatic heterocycles. The quantitative estimate of drug-likeness (QED) is 0.606. The van der Waals surface area contributed by atoms with Gasteiger partial charge in [0.25, 0.3) is 0 Å². The van der Waals surface area contributed by atoms with E-state index in [2.05, 4.69) is 15.3 Å². The Labute approximate surface area is 121 Å². The van der Waals surface area contributed by atoms with Gasteiger partial charge in [-0.05, 0) is 19.3 Å². The molecule has 114 valence electrons. The van der Waals surface area contributed by atoms with Crippen molar-refractivity contribution in [3.05, 3.63) is 16.4 Å². The van der Waals surface area contributed by atoms with Gasteiger partial charge in [0.15, 0.2) is 0 Å². The van der Waals surface area contributed by atoms with Crippen molar-refractivity contribution in [1.82, 2.24) is 14.9 Å². The van der Waals surface area contributed by atoms with Gasteiger partial charge < -0.3 is 16.0 Å². The maximum atomic E-state index is 12.0. The van der Waals surface area contributed by atoms with E-state index in [-0.39, 0.29) is 36.2 Å². The van der Waals surface area contributed by atoms with Gasteiger partial charge in [-0.3, -0.25) is 14.9 Å². The molecule has 1 aromatic rings. The summed E-state index contributed by atoms with van der Waals surface area (Å²) in [6, 6.07) is 0. The number of nitro groups is 1. The Morgan fingerprint density at radius 3 is 2.76 bits per heavy atom. The van der Waals surface area contributed by atoms with E-state index in [9.17, 15) is 14.9 Å². The zero-order chi connectivity index (χ0) is 15.2. The molecule has 0 atom stereocenters. The molecule has 0 bridgehead atoms. The second-order valence-electron chi connectivity index (χ2n) is 4.83. The molecule has 0 aliphatic carbocycles. The molecule has 2 heterocycles. The molecule has 2 rings (SSSR count). The highest BCUT2D eigenvalue weighted by Crippen LogP contribution is 2.26. The molecule has 0 radical (unpaired) electrons. The SMILES string of the molecule is Nc1ncnc(NCCC(=O)N2CCCCC2)c1[N+](=O)[O-]. The summed E-state index contributed by atoms with van der Waals surface area (Å²) in [5.74, 6) is -0.106. The number of carbonyl (C=O) groups excluding carboxylic acids is 1. The molecular formula is C12H18N6O3. The Bertz CT molecular complexity index is 530. The summed E-state index contributed by atoms with van der Waals surface area (Å²) in [6.07, 6.45) is 4.65. The van der Waals surface area contributed by atoms with E-state index in [0.29, 0.717) is 0 Å². The van der Waals surface area contributed by atoms with Gasteiger partial charge >= 0.3 is 5.69 Å². The number of rotatable bonds is 5. The van der Waals surface area contributed by atoms with Crippen molar-refractivity contribution in [2.75, 3.05) is 30.7 Å². The number of nitrogen functional groups attached to an aromatic ring is 1. The standard InChI is InChI=1S/C12H18N6O3/c13-11-10(18(20)21)12(16-8-15-11)14-5-4-9(19)17-6-2-1-3-7-17/h8H,1-7H2,(H3,13,14,15,16). The number of carbonyl (C=O) groups is 1. The minimum absolute atomic E-state index is 0.0407. The fraction of sp³-hybridized carbons (Fsp3) is 0.583. The van der Waals surface area contributed by atoms with Crippen LogP contribution in [0.4, 0.5) is 17.3 Å². The number of amides is 1. The van der Waals surface area contributed by atoms with Crippen LogP contribution in [-0.2, 0) is 4.79 Å². The summed E-state index contributed by atoms with van der Waals surface area (Å²) in [7, 11) is 0. The molecule has 1 aliphatic rings. The van der Waals surface area contributed by atoms with Crippen LogP contribution in [0.5, 0.6) is 0 Å². The molecule has 1 saturated heterocycles. The van der Waals surface area contributed by atoms with E-state index < -0.39 is 4.92 Å². The van der Waals surface area contributed by atoms with Crippen molar-refractivity contribution >= 4 is 23.2 Å². The van der Waals surface area contributed by atoms with Crippen molar-refractivity contribution in [3.63, 3.8) is 0 Å². The first-order valence-corrected chi connectivity index (χ1v) is 6.86. The largest absolute Gasteiger partial charge is 0.378 e. The van der Waals surface area contributed by atoms with Crippen LogP contribution in [0.25, 0.3) is 0 Å². The molecule has 9 heteroatoms. The summed E-state index contributed by atoms with van der Waals surface area (Å²) in [6.45, 7) is 1.85. The molecular weight excluding hydrogens is 276 g/mol. The molecule has 21 heavy (non-hydrogen) atoms. The molecule has 0 aromatic carbocycles. The molecule has 0 unspecified atom stereocenters. The van der Waals surface area contributed by atoms with Crippen molar-refractivity contribution < 1.29 is 9.72 Å². The number of piperidine rings is 1. The van der Waals surface area contributed by atoms with Gasteiger partial charge in [0.05, 0.1) is 4.92 Å². The Morgan fingerprint density at radius 2 is 2.10 bits per heavy atom. The minimum atomic E-state index is -0.635. The Balaban J connectivity index is 1.90. The van der Waals surface area contributed by atoms with Gasteiger partial charge in [0, 0.05) is 26.1 Å². The highest BCUT2D eigenvalue weighted by atomic mass is 16.6. The van der Waals surface area contributed by atoms with Gasteiger partial charge in [-0.1, -0.05) is 0 Å². The Kier molecular flexibility index (Phi) is 4.85. The number of nitrogens with zero attached hydrogens (tertiary/aromatic N) is 4. The van der Waals surface area contributed by atoms with Crippen LogP contribution >= 0.6 is 0 Å². The topological polar surface area (TPSA) is 127 Å². The molecule has 1 fully saturated rings. The van der Waals surface area contributed by atoms with E-state index >= 15 is 0 Å². The van der Waals surface area contributed by atoms with Gasteiger partial charge in [-0.2, -0.15) is 0 Å². The van der Waals surface area contributed by atoms with Gasteiger partial charge in [0.1, 0.15) is 6.33 Å². The van der Waals surface area contributed by atoms with Crippen LogP contribution in [0.3, 0.4) is 0 Å². The van der Waals surface area contributed by atoms with Gasteiger partial charge in [0.2, 0.25) is 17.5 Å². The third-order valence-electron chi connectivity index (χ3n) is 3.37. The average Bonchev–Trinajstić information content (AvgIpc) is 2.47. The fourth-order valence-corrected chi connectivity index (χ4v) is 2.29. The lowest BCUT2D eigenvalue weighted by atomic mass is 10.1. The van der Waals surface area contributed by atoms with E-state index in [4.69, 9.17) is 5.73 Å². The number of anilines is 2. The number of nitrogens with one attached hydrogen (secondary N) is 1. The zero-order valence-corrected chi connectivity index (χ0v) is 11.6. The lowest BCUT2D eigenvalue weighted by Gasteiger charge is -2.26. The predicted molar refractivity (Wildman–Crippen MR) is 76.6 cm³/mol. The minimum Gasteiger partial charge on any atom is -0.378 e. The summed E-state index contributed by atoms with van der Waals surface area (Å²) in [4.78, 5) is 31.5. The van der Waals surface area contributed by atoms with E-state index in [0.717, 1.165) is 38.7 Å². The van der Waals surface area contributed by atoms with Crippen LogP contribution in [0.1, 0.15) is 25.7 Å². The van der Waals surface area contributed by atoms with Gasteiger partial charge in [-0.25, -0.2) is 9.97 Å². The third kappa shape index (κ3) is 3.77. The van der Waals surface area contributed by atoms with Crippen molar-refractivity contribution in [1.29, 1.82) is 0 Å². The zero-order valence-electron chi connectivity index (χ0n) is 11.6. The molecule has 3 N–H and O–H groups in total. The maximum Gasteiger partial charge on any atom is 0.352 e. The average molecular weight is 294 g/mol. The van der Waals surface area contributed by atoms with Crippen molar-refractivity contribution in [2.24, 2.45) is 0 Å². The lowest BCUT2D eigenvalue weighted by molar-refractivity contribution is -0.383. The smallest absolute Gasteiger partial charge is 0.352 e. The Hall–Kier alpha value is -2.45. The first kappa shape index (κ1) is 14.9.